The number of benzene rings is 2. The van der Waals surface area contributed by atoms with E-state index in [2.05, 4.69) is 5.32 Å². The summed E-state index contributed by atoms with van der Waals surface area (Å²) in [7, 11) is 0. The van der Waals surface area contributed by atoms with Gasteiger partial charge in [0.05, 0.1) is 5.69 Å². The van der Waals surface area contributed by atoms with E-state index in [1.165, 1.54) is 4.90 Å². The largest absolute Gasteiger partial charge is 0.482 e. The van der Waals surface area contributed by atoms with Crippen LogP contribution in [0.1, 0.15) is 39.7 Å². The summed E-state index contributed by atoms with van der Waals surface area (Å²) in [6.07, 6.45) is -0.274. The van der Waals surface area contributed by atoms with Crippen molar-refractivity contribution >= 4 is 29.3 Å². The molecule has 0 bridgehead atoms. The molecule has 0 fully saturated rings. The lowest BCUT2D eigenvalue weighted by atomic mass is 10.1. The Bertz CT molecular complexity index is 984. The lowest BCUT2D eigenvalue weighted by Crippen LogP contribution is -2.49. The summed E-state index contributed by atoms with van der Waals surface area (Å²) in [6.45, 7) is 7.03. The first kappa shape index (κ1) is 23.1. The highest BCUT2D eigenvalue weighted by Gasteiger charge is 2.36. The second-order valence-corrected chi connectivity index (χ2v) is 8.38. The van der Waals surface area contributed by atoms with E-state index in [1.54, 1.807) is 45.9 Å². The number of rotatable bonds is 6. The van der Waals surface area contributed by atoms with E-state index in [4.69, 9.17) is 14.2 Å². The number of hydrogen-bond acceptors (Lipinski definition) is 6. The topological polar surface area (TPSA) is 94.2 Å². The second-order valence-electron chi connectivity index (χ2n) is 8.38. The lowest BCUT2D eigenvalue weighted by Gasteiger charge is -2.34. The minimum Gasteiger partial charge on any atom is -0.482 e. The maximum Gasteiger partial charge on any atom is 0.412 e. The van der Waals surface area contributed by atoms with E-state index in [1.807, 2.05) is 30.3 Å². The molecular formula is C24H28N2O6. The number of amides is 2. The quantitative estimate of drug-likeness (QED) is 0.674. The molecule has 1 unspecified atom stereocenters. The molecule has 1 heterocycles. The molecule has 8 nitrogen and oxygen atoms in total. The molecule has 3 rings (SSSR count). The minimum absolute atomic E-state index is 0.113. The molecule has 0 saturated heterocycles. The number of anilines is 2. The molecule has 1 aliphatic rings. The highest BCUT2D eigenvalue weighted by molar-refractivity contribution is 6.03. The molecule has 2 aromatic rings. The molecule has 0 spiro atoms. The molecule has 2 aromatic carbocycles. The number of hydrogen-bond donors (Lipinski definition) is 1. The van der Waals surface area contributed by atoms with Gasteiger partial charge in [-0.1, -0.05) is 37.3 Å². The normalized spacial score (nSPS) is 14.1. The molecule has 2 amide bonds. The summed E-state index contributed by atoms with van der Waals surface area (Å²) in [4.78, 5) is 39.1. The summed E-state index contributed by atoms with van der Waals surface area (Å²) in [5.74, 6) is -0.438. The van der Waals surface area contributed by atoms with Gasteiger partial charge in [0.1, 0.15) is 24.0 Å². The number of esters is 1. The van der Waals surface area contributed by atoms with Crippen LogP contribution in [-0.2, 0) is 25.7 Å². The first-order valence-corrected chi connectivity index (χ1v) is 10.5. The van der Waals surface area contributed by atoms with Gasteiger partial charge in [0.2, 0.25) is 0 Å². The van der Waals surface area contributed by atoms with Gasteiger partial charge in [-0.2, -0.15) is 0 Å². The van der Waals surface area contributed by atoms with E-state index >= 15 is 0 Å². The Morgan fingerprint density at radius 3 is 2.53 bits per heavy atom. The maximum absolute atomic E-state index is 12.9. The molecule has 0 saturated carbocycles. The van der Waals surface area contributed by atoms with E-state index < -0.39 is 23.7 Å². The number of ether oxygens (including phenoxy) is 3. The van der Waals surface area contributed by atoms with Crippen molar-refractivity contribution in [3.8, 4) is 5.75 Å². The Hall–Kier alpha value is -3.55. The zero-order chi connectivity index (χ0) is 23.3. The standard InChI is InChI=1S/C24H28N2O6/c1-5-18(22(28)31-14-16-9-7-6-8-10-16)26-19-13-17(25-23(29)32-24(2,3)4)11-12-20(19)30-15-21(26)27/h6-13,18H,5,14-15H2,1-4H3,(H,25,29). The Balaban J connectivity index is 1.80. The summed E-state index contributed by atoms with van der Waals surface area (Å²) in [5.41, 5.74) is 1.000. The van der Waals surface area contributed by atoms with Gasteiger partial charge in [0.15, 0.2) is 6.61 Å². The van der Waals surface area contributed by atoms with E-state index in [-0.39, 0.29) is 19.1 Å². The predicted octanol–water partition coefficient (Wildman–Crippen LogP) is 4.28. The Morgan fingerprint density at radius 2 is 1.88 bits per heavy atom. The fraction of sp³-hybridized carbons (Fsp3) is 0.375. The summed E-state index contributed by atoms with van der Waals surface area (Å²) in [5, 5.41) is 2.65. The van der Waals surface area contributed by atoms with Gasteiger partial charge < -0.3 is 14.2 Å². The molecule has 1 aliphatic heterocycles. The van der Waals surface area contributed by atoms with Crippen LogP contribution in [0, 0.1) is 0 Å². The molecule has 32 heavy (non-hydrogen) atoms. The van der Waals surface area contributed by atoms with Gasteiger partial charge in [-0.15, -0.1) is 0 Å². The maximum atomic E-state index is 12.9. The number of nitrogens with one attached hydrogen (secondary N) is 1. The predicted molar refractivity (Wildman–Crippen MR) is 120 cm³/mol. The van der Waals surface area contributed by atoms with E-state index in [9.17, 15) is 14.4 Å². The van der Waals surface area contributed by atoms with Crippen molar-refractivity contribution in [3.63, 3.8) is 0 Å². The van der Waals surface area contributed by atoms with Crippen LogP contribution in [0.5, 0.6) is 5.75 Å². The van der Waals surface area contributed by atoms with Gasteiger partial charge in [-0.25, -0.2) is 9.59 Å². The first-order chi connectivity index (χ1) is 15.2. The average molecular weight is 440 g/mol. The van der Waals surface area contributed by atoms with Gasteiger partial charge in [-0.05, 0) is 51.0 Å². The molecule has 1 atom stereocenters. The molecular weight excluding hydrogens is 412 g/mol. The van der Waals surface area contributed by atoms with E-state index in [0.717, 1.165) is 5.56 Å². The van der Waals surface area contributed by atoms with Crippen LogP contribution < -0.4 is 15.0 Å². The van der Waals surface area contributed by atoms with Gasteiger partial charge in [-0.3, -0.25) is 15.0 Å². The van der Waals surface area contributed by atoms with Crippen molar-refractivity contribution in [1.82, 2.24) is 0 Å². The Kier molecular flexibility index (Phi) is 7.02. The van der Waals surface area contributed by atoms with Crippen molar-refractivity contribution in [1.29, 1.82) is 0 Å². The van der Waals surface area contributed by atoms with Crippen molar-refractivity contribution in [2.45, 2.75) is 52.4 Å². The van der Waals surface area contributed by atoms with Crippen molar-refractivity contribution in [2.24, 2.45) is 0 Å². The van der Waals surface area contributed by atoms with E-state index in [0.29, 0.717) is 23.5 Å². The van der Waals surface area contributed by atoms with Gasteiger partial charge >= 0.3 is 12.1 Å². The summed E-state index contributed by atoms with van der Waals surface area (Å²) in [6, 6.07) is 13.4. The Labute approximate surface area is 187 Å². The van der Waals surface area contributed by atoms with Gasteiger partial charge in [0.25, 0.3) is 5.91 Å². The summed E-state index contributed by atoms with van der Waals surface area (Å²) >= 11 is 0. The smallest absolute Gasteiger partial charge is 0.412 e. The van der Waals surface area contributed by atoms with Crippen LogP contribution in [0.2, 0.25) is 0 Å². The third-order valence-corrected chi connectivity index (χ3v) is 4.68. The molecule has 1 N–H and O–H groups in total. The number of nitrogens with zero attached hydrogens (tertiary/aromatic N) is 1. The molecule has 0 radical (unpaired) electrons. The summed E-state index contributed by atoms with van der Waals surface area (Å²) < 4.78 is 16.3. The van der Waals surface area contributed by atoms with Gasteiger partial charge in [0, 0.05) is 5.69 Å². The van der Waals surface area contributed by atoms with Crippen LogP contribution in [0.15, 0.2) is 48.5 Å². The fourth-order valence-corrected chi connectivity index (χ4v) is 3.29. The van der Waals surface area contributed by atoms with Crippen LogP contribution in [0.3, 0.4) is 0 Å². The number of carbonyl (C=O) groups excluding carboxylic acids is 3. The van der Waals surface area contributed by atoms with Crippen LogP contribution in [0.25, 0.3) is 0 Å². The van der Waals surface area contributed by atoms with Crippen molar-refractivity contribution in [3.05, 3.63) is 54.1 Å². The monoisotopic (exact) mass is 440 g/mol. The van der Waals surface area contributed by atoms with Crippen LogP contribution >= 0.6 is 0 Å². The fourth-order valence-electron chi connectivity index (χ4n) is 3.29. The molecule has 0 aromatic heterocycles. The Morgan fingerprint density at radius 1 is 1.16 bits per heavy atom. The highest BCUT2D eigenvalue weighted by atomic mass is 16.6. The lowest BCUT2D eigenvalue weighted by molar-refractivity contribution is -0.148. The van der Waals surface area contributed by atoms with Crippen LogP contribution in [-0.4, -0.2) is 36.2 Å². The van der Waals surface area contributed by atoms with Crippen LogP contribution in [0.4, 0.5) is 16.2 Å². The minimum atomic E-state index is -0.828. The molecule has 0 aliphatic carbocycles. The van der Waals surface area contributed by atoms with Crippen molar-refractivity contribution < 1.29 is 28.6 Å². The third-order valence-electron chi connectivity index (χ3n) is 4.68. The molecule has 170 valence electrons. The zero-order valence-electron chi connectivity index (χ0n) is 18.7. The average Bonchev–Trinajstić information content (AvgIpc) is 2.73. The SMILES string of the molecule is CCC(C(=O)OCc1ccccc1)N1C(=O)COc2ccc(NC(=O)OC(C)(C)C)cc21. The number of fused-ring (bicyclic) bond motifs is 1. The molecule has 8 heteroatoms. The third kappa shape index (κ3) is 5.78. The highest BCUT2D eigenvalue weighted by Crippen LogP contribution is 2.36. The number of carbonyl (C=O) groups is 3. The zero-order valence-corrected chi connectivity index (χ0v) is 18.7. The second kappa shape index (κ2) is 9.72. The first-order valence-electron chi connectivity index (χ1n) is 10.5. The van der Waals surface area contributed by atoms with Crippen molar-refractivity contribution in [2.75, 3.05) is 16.8 Å².